The van der Waals surface area contributed by atoms with E-state index in [0.717, 1.165) is 30.5 Å². The van der Waals surface area contributed by atoms with Crippen molar-refractivity contribution in [3.8, 4) is 0 Å². The number of aromatic nitrogens is 3. The highest BCUT2D eigenvalue weighted by molar-refractivity contribution is 5.93. The van der Waals surface area contributed by atoms with Gasteiger partial charge in [0.1, 0.15) is 5.69 Å². The summed E-state index contributed by atoms with van der Waals surface area (Å²) in [5.74, 6) is 0.383. The normalized spacial score (nSPS) is 13.8. The summed E-state index contributed by atoms with van der Waals surface area (Å²) in [6, 6.07) is 10.3. The van der Waals surface area contributed by atoms with Crippen LogP contribution in [-0.2, 0) is 6.42 Å². The fourth-order valence-corrected chi connectivity index (χ4v) is 2.90. The van der Waals surface area contributed by atoms with E-state index in [1.807, 2.05) is 25.3 Å². The second kappa shape index (κ2) is 6.55. The third-order valence-corrected chi connectivity index (χ3v) is 4.35. The van der Waals surface area contributed by atoms with E-state index in [-0.39, 0.29) is 5.91 Å². The highest BCUT2D eigenvalue weighted by Crippen LogP contribution is 2.20. The highest BCUT2D eigenvalue weighted by Gasteiger charge is 2.24. The van der Waals surface area contributed by atoms with Crippen molar-refractivity contribution in [1.82, 2.24) is 20.3 Å². The molecule has 6 nitrogen and oxygen atoms in total. The topological polar surface area (TPSA) is 82.7 Å². The van der Waals surface area contributed by atoms with Crippen LogP contribution in [0.25, 0.3) is 10.9 Å². The molecule has 0 unspecified atom stereocenters. The Hall–Kier alpha value is -2.89. The first kappa shape index (κ1) is 15.6. The lowest BCUT2D eigenvalue weighted by Gasteiger charge is -2.08. The Morgan fingerprint density at radius 1 is 1.28 bits per heavy atom. The first-order valence-corrected chi connectivity index (χ1v) is 8.64. The largest absolute Gasteiger partial charge is 0.361 e. The lowest BCUT2D eigenvalue weighted by Crippen LogP contribution is -2.27. The second-order valence-corrected chi connectivity index (χ2v) is 6.50. The Bertz CT molecular complexity index is 913. The van der Waals surface area contributed by atoms with Gasteiger partial charge in [-0.2, -0.15) is 0 Å². The third-order valence-electron chi connectivity index (χ3n) is 4.35. The fourth-order valence-electron chi connectivity index (χ4n) is 2.90. The van der Waals surface area contributed by atoms with Crippen LogP contribution >= 0.6 is 0 Å². The molecule has 6 heteroatoms. The van der Waals surface area contributed by atoms with Gasteiger partial charge < -0.3 is 15.6 Å². The van der Waals surface area contributed by atoms with Crippen LogP contribution in [-0.4, -0.2) is 33.4 Å². The minimum Gasteiger partial charge on any atom is -0.361 e. The van der Waals surface area contributed by atoms with Gasteiger partial charge in [0.15, 0.2) is 0 Å². The molecule has 1 aliphatic carbocycles. The van der Waals surface area contributed by atoms with Gasteiger partial charge >= 0.3 is 0 Å². The number of para-hydroxylation sites is 1. The summed E-state index contributed by atoms with van der Waals surface area (Å²) >= 11 is 0. The molecule has 2 heterocycles. The first-order chi connectivity index (χ1) is 12.2. The molecule has 0 spiro atoms. The van der Waals surface area contributed by atoms with E-state index in [9.17, 15) is 4.79 Å². The van der Waals surface area contributed by atoms with Crippen LogP contribution < -0.4 is 10.6 Å². The summed E-state index contributed by atoms with van der Waals surface area (Å²) in [5.41, 5.74) is 3.60. The van der Waals surface area contributed by atoms with Crippen LogP contribution in [0, 0.1) is 6.92 Å². The van der Waals surface area contributed by atoms with Crippen LogP contribution in [0.3, 0.4) is 0 Å². The smallest absolute Gasteiger partial charge is 0.270 e. The Kier molecular flexibility index (Phi) is 4.09. The van der Waals surface area contributed by atoms with E-state index in [0.29, 0.717) is 24.2 Å². The molecule has 128 valence electrons. The quantitative estimate of drug-likeness (QED) is 0.647. The van der Waals surface area contributed by atoms with Crippen LogP contribution in [0.2, 0.25) is 0 Å². The zero-order valence-electron chi connectivity index (χ0n) is 14.2. The predicted molar refractivity (Wildman–Crippen MR) is 97.7 cm³/mol. The van der Waals surface area contributed by atoms with E-state index < -0.39 is 0 Å². The van der Waals surface area contributed by atoms with Gasteiger partial charge in [0, 0.05) is 35.4 Å². The number of H-pyrrole nitrogens is 1. The summed E-state index contributed by atoms with van der Waals surface area (Å²) in [6.07, 6.45) is 5.01. The Morgan fingerprint density at radius 3 is 2.96 bits per heavy atom. The van der Waals surface area contributed by atoms with Crippen LogP contribution in [0.1, 0.15) is 34.6 Å². The third kappa shape index (κ3) is 3.63. The molecule has 0 saturated heterocycles. The van der Waals surface area contributed by atoms with Crippen molar-refractivity contribution in [2.75, 3.05) is 11.9 Å². The van der Waals surface area contributed by atoms with Gasteiger partial charge in [0.25, 0.3) is 5.91 Å². The zero-order valence-corrected chi connectivity index (χ0v) is 14.2. The molecule has 0 aliphatic heterocycles. The lowest BCUT2D eigenvalue weighted by molar-refractivity contribution is 0.0946. The summed E-state index contributed by atoms with van der Waals surface area (Å²) < 4.78 is 0. The molecule has 1 amide bonds. The van der Waals surface area contributed by atoms with Gasteiger partial charge in [-0.1, -0.05) is 18.2 Å². The minimum absolute atomic E-state index is 0.118. The molecule has 0 bridgehead atoms. The van der Waals surface area contributed by atoms with Crippen molar-refractivity contribution in [2.45, 2.75) is 32.2 Å². The zero-order chi connectivity index (χ0) is 17.2. The summed E-state index contributed by atoms with van der Waals surface area (Å²) in [7, 11) is 0. The molecular formula is C19H21N5O. The molecule has 3 aromatic rings. The van der Waals surface area contributed by atoms with E-state index >= 15 is 0 Å². The number of hydrogen-bond acceptors (Lipinski definition) is 4. The number of carbonyl (C=O) groups is 1. The number of aryl methyl sites for hydroxylation is 1. The number of nitrogens with zero attached hydrogens (tertiary/aromatic N) is 2. The molecule has 25 heavy (non-hydrogen) atoms. The van der Waals surface area contributed by atoms with Crippen LogP contribution in [0.15, 0.2) is 36.5 Å². The van der Waals surface area contributed by atoms with Gasteiger partial charge in [0.2, 0.25) is 5.95 Å². The summed E-state index contributed by atoms with van der Waals surface area (Å²) in [5, 5.41) is 7.43. The van der Waals surface area contributed by atoms with Gasteiger partial charge in [-0.3, -0.25) is 4.79 Å². The van der Waals surface area contributed by atoms with Gasteiger partial charge in [-0.15, -0.1) is 0 Å². The Labute approximate surface area is 146 Å². The molecule has 2 aromatic heterocycles. The molecule has 0 radical (unpaired) electrons. The van der Waals surface area contributed by atoms with E-state index in [2.05, 4.69) is 37.7 Å². The van der Waals surface area contributed by atoms with E-state index in [1.165, 1.54) is 10.9 Å². The molecular weight excluding hydrogens is 314 g/mol. The number of aromatic amines is 1. The van der Waals surface area contributed by atoms with Gasteiger partial charge in [-0.25, -0.2) is 9.97 Å². The lowest BCUT2D eigenvalue weighted by atomic mass is 10.1. The monoisotopic (exact) mass is 335 g/mol. The highest BCUT2D eigenvalue weighted by atomic mass is 16.2. The summed E-state index contributed by atoms with van der Waals surface area (Å²) in [4.78, 5) is 24.2. The SMILES string of the molecule is Cc1cc(C(=O)NC2CC2)nc(NCCc2c[nH]c3ccccc23)n1. The Balaban J connectivity index is 1.42. The average Bonchev–Trinajstić information content (AvgIpc) is 3.33. The molecule has 1 aliphatic rings. The van der Waals surface area contributed by atoms with E-state index in [4.69, 9.17) is 0 Å². The summed E-state index contributed by atoms with van der Waals surface area (Å²) in [6.45, 7) is 2.58. The molecule has 1 aromatic carbocycles. The van der Waals surface area contributed by atoms with Crippen LogP contribution in [0.5, 0.6) is 0 Å². The molecule has 0 atom stereocenters. The van der Waals surface area contributed by atoms with Crippen molar-refractivity contribution < 1.29 is 4.79 Å². The molecule has 1 saturated carbocycles. The maximum Gasteiger partial charge on any atom is 0.270 e. The van der Waals surface area contributed by atoms with Crippen molar-refractivity contribution in [1.29, 1.82) is 0 Å². The average molecular weight is 335 g/mol. The number of hydrogen-bond donors (Lipinski definition) is 3. The fraction of sp³-hybridized carbons (Fsp3) is 0.316. The second-order valence-electron chi connectivity index (χ2n) is 6.50. The van der Waals surface area contributed by atoms with Crippen molar-refractivity contribution in [3.63, 3.8) is 0 Å². The van der Waals surface area contributed by atoms with Gasteiger partial charge in [0.05, 0.1) is 0 Å². The molecule has 4 rings (SSSR count). The predicted octanol–water partition coefficient (Wildman–Crippen LogP) is 2.81. The van der Waals surface area contributed by atoms with Crippen molar-refractivity contribution in [3.05, 3.63) is 53.5 Å². The molecule has 3 N–H and O–H groups in total. The number of amides is 1. The first-order valence-electron chi connectivity index (χ1n) is 8.64. The standard InChI is InChI=1S/C19H21N5O/c1-12-10-17(18(25)23-14-6-7-14)24-19(22-12)20-9-8-13-11-21-16-5-3-2-4-15(13)16/h2-5,10-11,14,21H,6-9H2,1H3,(H,23,25)(H,20,22,24). The maximum absolute atomic E-state index is 12.2. The number of nitrogens with one attached hydrogen (secondary N) is 3. The number of fused-ring (bicyclic) bond motifs is 1. The number of anilines is 1. The molecule has 1 fully saturated rings. The number of carbonyl (C=O) groups excluding carboxylic acids is 1. The number of benzene rings is 1. The minimum atomic E-state index is -0.118. The van der Waals surface area contributed by atoms with E-state index in [1.54, 1.807) is 6.07 Å². The van der Waals surface area contributed by atoms with Gasteiger partial charge in [-0.05, 0) is 43.9 Å². The number of rotatable bonds is 6. The van der Waals surface area contributed by atoms with Crippen molar-refractivity contribution >= 4 is 22.8 Å². The maximum atomic E-state index is 12.2. The van der Waals surface area contributed by atoms with Crippen molar-refractivity contribution in [2.24, 2.45) is 0 Å². The van der Waals surface area contributed by atoms with Crippen LogP contribution in [0.4, 0.5) is 5.95 Å². The Morgan fingerprint density at radius 2 is 2.12 bits per heavy atom.